The second-order valence-electron chi connectivity index (χ2n) is 8.12. The third-order valence-electron chi connectivity index (χ3n) is 4.95. The smallest absolute Gasteiger partial charge is 0.242 e. The molecule has 0 radical (unpaired) electrons. The number of rotatable bonds is 11. The standard InChI is InChI=1S/C25H34N2O2S/c1-19(2)16-26-25(29)21(4)27(15-14-22-8-6-5-7-9-22)24(28)18-30-17-23-12-10-20(3)11-13-23/h5-13,19,21H,14-18H2,1-4H3,(H,26,29). The maximum absolute atomic E-state index is 13.0. The van der Waals surface area contributed by atoms with Crippen molar-refractivity contribution in [1.82, 2.24) is 10.2 Å². The van der Waals surface area contributed by atoms with E-state index in [-0.39, 0.29) is 11.8 Å². The van der Waals surface area contributed by atoms with Gasteiger partial charge in [0, 0.05) is 18.8 Å². The predicted molar refractivity (Wildman–Crippen MR) is 127 cm³/mol. The Bertz CT molecular complexity index is 791. The fraction of sp³-hybridized carbons (Fsp3) is 0.440. The van der Waals surface area contributed by atoms with E-state index in [0.29, 0.717) is 24.8 Å². The summed E-state index contributed by atoms with van der Waals surface area (Å²) in [7, 11) is 0. The summed E-state index contributed by atoms with van der Waals surface area (Å²) in [6.45, 7) is 9.16. The fourth-order valence-electron chi connectivity index (χ4n) is 3.05. The third-order valence-corrected chi connectivity index (χ3v) is 5.94. The molecule has 2 rings (SSSR count). The summed E-state index contributed by atoms with van der Waals surface area (Å²) in [5.74, 6) is 1.44. The first-order valence-electron chi connectivity index (χ1n) is 10.6. The van der Waals surface area contributed by atoms with Crippen LogP contribution in [0.5, 0.6) is 0 Å². The monoisotopic (exact) mass is 426 g/mol. The van der Waals surface area contributed by atoms with Gasteiger partial charge in [-0.2, -0.15) is 0 Å². The van der Waals surface area contributed by atoms with Crippen LogP contribution in [0.3, 0.4) is 0 Å². The Hall–Kier alpha value is -2.27. The second-order valence-corrected chi connectivity index (χ2v) is 9.10. The minimum atomic E-state index is -0.486. The number of nitrogens with zero attached hydrogens (tertiary/aromatic N) is 1. The van der Waals surface area contributed by atoms with Crippen molar-refractivity contribution in [2.75, 3.05) is 18.8 Å². The van der Waals surface area contributed by atoms with Gasteiger partial charge in [-0.1, -0.05) is 74.0 Å². The SMILES string of the molecule is Cc1ccc(CSCC(=O)N(CCc2ccccc2)C(C)C(=O)NCC(C)C)cc1. The van der Waals surface area contributed by atoms with Gasteiger partial charge in [0.25, 0.3) is 0 Å². The summed E-state index contributed by atoms with van der Waals surface area (Å²) >= 11 is 1.59. The average Bonchev–Trinajstić information content (AvgIpc) is 2.74. The van der Waals surface area contributed by atoms with Crippen LogP contribution in [0.2, 0.25) is 0 Å². The normalized spacial score (nSPS) is 11.9. The van der Waals surface area contributed by atoms with E-state index in [1.807, 2.05) is 25.1 Å². The van der Waals surface area contributed by atoms with Crippen LogP contribution in [-0.4, -0.2) is 41.6 Å². The van der Waals surface area contributed by atoms with E-state index in [4.69, 9.17) is 0 Å². The van der Waals surface area contributed by atoms with E-state index < -0.39 is 6.04 Å². The molecule has 2 aromatic carbocycles. The molecule has 1 atom stereocenters. The van der Waals surface area contributed by atoms with Gasteiger partial charge in [0.05, 0.1) is 5.75 Å². The van der Waals surface area contributed by atoms with Crippen molar-refractivity contribution < 1.29 is 9.59 Å². The van der Waals surface area contributed by atoms with Crippen molar-refractivity contribution in [2.24, 2.45) is 5.92 Å². The van der Waals surface area contributed by atoms with Crippen LogP contribution < -0.4 is 5.32 Å². The Balaban J connectivity index is 1.97. The van der Waals surface area contributed by atoms with Crippen LogP contribution in [0.4, 0.5) is 0 Å². The van der Waals surface area contributed by atoms with Gasteiger partial charge in [-0.25, -0.2) is 0 Å². The molecule has 2 aromatic rings. The highest BCUT2D eigenvalue weighted by atomic mass is 32.2. The molecule has 5 heteroatoms. The highest BCUT2D eigenvalue weighted by molar-refractivity contribution is 7.99. The van der Waals surface area contributed by atoms with Crippen LogP contribution in [0.15, 0.2) is 54.6 Å². The quantitative estimate of drug-likeness (QED) is 0.577. The van der Waals surface area contributed by atoms with Crippen LogP contribution in [0.1, 0.15) is 37.5 Å². The van der Waals surface area contributed by atoms with E-state index >= 15 is 0 Å². The van der Waals surface area contributed by atoms with Gasteiger partial charge < -0.3 is 10.2 Å². The topological polar surface area (TPSA) is 49.4 Å². The summed E-state index contributed by atoms with van der Waals surface area (Å²) < 4.78 is 0. The molecule has 162 valence electrons. The van der Waals surface area contributed by atoms with Gasteiger partial charge >= 0.3 is 0 Å². The first kappa shape index (κ1) is 24.0. The number of amides is 2. The third kappa shape index (κ3) is 8.23. The van der Waals surface area contributed by atoms with Crippen molar-refractivity contribution in [3.05, 3.63) is 71.3 Å². The summed E-state index contributed by atoms with van der Waals surface area (Å²) in [5.41, 5.74) is 3.60. The molecule has 0 aliphatic carbocycles. The zero-order valence-corrected chi connectivity index (χ0v) is 19.4. The van der Waals surface area contributed by atoms with Gasteiger partial charge in [0.2, 0.25) is 11.8 Å². The molecule has 0 aromatic heterocycles. The lowest BCUT2D eigenvalue weighted by Crippen LogP contribution is -2.50. The lowest BCUT2D eigenvalue weighted by molar-refractivity contribution is -0.138. The Labute approximate surface area is 185 Å². The Kier molecular flexibility index (Phi) is 9.95. The van der Waals surface area contributed by atoms with Gasteiger partial charge in [-0.15, -0.1) is 11.8 Å². The van der Waals surface area contributed by atoms with E-state index in [1.54, 1.807) is 16.7 Å². The molecule has 4 nitrogen and oxygen atoms in total. The zero-order valence-electron chi connectivity index (χ0n) is 18.6. The largest absolute Gasteiger partial charge is 0.354 e. The number of benzene rings is 2. The second kappa shape index (κ2) is 12.4. The molecule has 0 saturated heterocycles. The van der Waals surface area contributed by atoms with Crippen molar-refractivity contribution in [1.29, 1.82) is 0 Å². The molecule has 0 saturated carbocycles. The molecule has 0 fully saturated rings. The number of thioether (sulfide) groups is 1. The molecule has 0 aliphatic rings. The highest BCUT2D eigenvalue weighted by Crippen LogP contribution is 2.15. The molecule has 1 N–H and O–H groups in total. The number of aryl methyl sites for hydroxylation is 1. The minimum absolute atomic E-state index is 0.00948. The summed E-state index contributed by atoms with van der Waals surface area (Å²) in [5, 5.41) is 2.96. The Morgan fingerprint density at radius 3 is 2.27 bits per heavy atom. The zero-order chi connectivity index (χ0) is 21.9. The van der Waals surface area contributed by atoms with Gasteiger partial charge in [-0.3, -0.25) is 9.59 Å². The summed E-state index contributed by atoms with van der Waals surface area (Å²) in [4.78, 5) is 27.4. The van der Waals surface area contributed by atoms with Gasteiger partial charge in [0.15, 0.2) is 0 Å². The van der Waals surface area contributed by atoms with Crippen LogP contribution in [0.25, 0.3) is 0 Å². The van der Waals surface area contributed by atoms with Crippen molar-refractivity contribution in [3.63, 3.8) is 0 Å². The molecule has 30 heavy (non-hydrogen) atoms. The molecule has 1 unspecified atom stereocenters. The summed E-state index contributed by atoms with van der Waals surface area (Å²) in [6.07, 6.45) is 0.733. The lowest BCUT2D eigenvalue weighted by Gasteiger charge is -2.29. The summed E-state index contributed by atoms with van der Waals surface area (Å²) in [6, 6.07) is 18.0. The maximum Gasteiger partial charge on any atom is 0.242 e. The highest BCUT2D eigenvalue weighted by Gasteiger charge is 2.25. The molecular formula is C25H34N2O2S. The fourth-order valence-corrected chi connectivity index (χ4v) is 3.92. The minimum Gasteiger partial charge on any atom is -0.354 e. The van der Waals surface area contributed by atoms with Gasteiger partial charge in [-0.05, 0) is 37.3 Å². The van der Waals surface area contributed by atoms with E-state index in [9.17, 15) is 9.59 Å². The molecule has 0 aliphatic heterocycles. The van der Waals surface area contributed by atoms with Gasteiger partial charge in [0.1, 0.15) is 6.04 Å². The number of hydrogen-bond acceptors (Lipinski definition) is 3. The van der Waals surface area contributed by atoms with Crippen molar-refractivity contribution >= 4 is 23.6 Å². The molecule has 0 bridgehead atoms. The number of carbonyl (C=O) groups is 2. The number of hydrogen-bond donors (Lipinski definition) is 1. The van der Waals surface area contributed by atoms with E-state index in [0.717, 1.165) is 17.7 Å². The molecular weight excluding hydrogens is 392 g/mol. The van der Waals surface area contributed by atoms with Crippen LogP contribution >= 0.6 is 11.8 Å². The Morgan fingerprint density at radius 1 is 0.967 bits per heavy atom. The number of nitrogens with one attached hydrogen (secondary N) is 1. The Morgan fingerprint density at radius 2 is 1.63 bits per heavy atom. The number of carbonyl (C=O) groups excluding carboxylic acids is 2. The van der Waals surface area contributed by atoms with Crippen LogP contribution in [-0.2, 0) is 21.8 Å². The molecule has 0 heterocycles. The predicted octanol–water partition coefficient (Wildman–Crippen LogP) is 4.46. The van der Waals surface area contributed by atoms with Crippen LogP contribution in [0, 0.1) is 12.8 Å². The average molecular weight is 427 g/mol. The van der Waals surface area contributed by atoms with E-state index in [2.05, 4.69) is 62.5 Å². The molecule has 2 amide bonds. The lowest BCUT2D eigenvalue weighted by atomic mass is 10.1. The first-order valence-corrected chi connectivity index (χ1v) is 11.8. The van der Waals surface area contributed by atoms with Crippen molar-refractivity contribution in [2.45, 2.75) is 45.9 Å². The molecule has 0 spiro atoms. The first-order chi connectivity index (χ1) is 14.4. The van der Waals surface area contributed by atoms with E-state index in [1.165, 1.54) is 11.1 Å². The van der Waals surface area contributed by atoms with Crippen molar-refractivity contribution in [3.8, 4) is 0 Å². The maximum atomic E-state index is 13.0.